The molecular weight excluding hydrogens is 513 g/mol. The summed E-state index contributed by atoms with van der Waals surface area (Å²) >= 11 is 12.5. The maximum absolute atomic E-state index is 13.4. The van der Waals surface area contributed by atoms with Gasteiger partial charge in [0, 0.05) is 22.2 Å². The molecule has 1 N–H and O–H groups in total. The molecule has 35 heavy (non-hydrogen) atoms. The van der Waals surface area contributed by atoms with E-state index in [0.29, 0.717) is 32.7 Å². The Balaban J connectivity index is 1.53. The highest BCUT2D eigenvalue weighted by Crippen LogP contribution is 2.32. The molecule has 182 valence electrons. The molecule has 11 heteroatoms. The summed E-state index contributed by atoms with van der Waals surface area (Å²) in [6, 6.07) is 16.4. The molecule has 3 aromatic carbocycles. The molecule has 1 heterocycles. The second kappa shape index (κ2) is 10.7. The van der Waals surface area contributed by atoms with Crippen molar-refractivity contribution in [1.29, 1.82) is 0 Å². The van der Waals surface area contributed by atoms with Gasteiger partial charge in [-0.2, -0.15) is 9.41 Å². The number of carbonyl (C=O) groups excluding carboxylic acids is 1. The second-order valence-electron chi connectivity index (χ2n) is 7.69. The Labute approximate surface area is 213 Å². The fourth-order valence-electron chi connectivity index (χ4n) is 3.31. The van der Waals surface area contributed by atoms with Crippen LogP contribution < -0.4 is 14.9 Å². The minimum absolute atomic E-state index is 0.0444. The topological polar surface area (TPSA) is 97.3 Å². The van der Waals surface area contributed by atoms with E-state index in [9.17, 15) is 13.2 Å². The van der Waals surface area contributed by atoms with Crippen LogP contribution in [0.5, 0.6) is 11.5 Å². The summed E-state index contributed by atoms with van der Waals surface area (Å²) in [5.74, 6) is 0.564. The van der Waals surface area contributed by atoms with Gasteiger partial charge in [-0.25, -0.2) is 13.8 Å². The summed E-state index contributed by atoms with van der Waals surface area (Å²) in [6.07, 6.45) is 1.42. The molecule has 0 aromatic heterocycles. The molecule has 1 amide bonds. The zero-order valence-corrected chi connectivity index (χ0v) is 20.9. The van der Waals surface area contributed by atoms with E-state index in [1.807, 2.05) is 6.92 Å². The number of nitrogens with zero attached hydrogens (tertiary/aromatic N) is 2. The van der Waals surface area contributed by atoms with Gasteiger partial charge in [0.25, 0.3) is 5.91 Å². The first-order valence-corrected chi connectivity index (χ1v) is 12.6. The zero-order chi connectivity index (χ0) is 25.0. The van der Waals surface area contributed by atoms with Gasteiger partial charge in [-0.05, 0) is 55.0 Å². The van der Waals surface area contributed by atoms with Crippen LogP contribution in [0.3, 0.4) is 0 Å². The first-order valence-electron chi connectivity index (χ1n) is 10.5. The average Bonchev–Trinajstić information content (AvgIpc) is 3.29. The Bertz CT molecular complexity index is 1360. The van der Waals surface area contributed by atoms with Gasteiger partial charge in [-0.15, -0.1) is 0 Å². The van der Waals surface area contributed by atoms with Crippen LogP contribution in [0.15, 0.2) is 70.7 Å². The maximum atomic E-state index is 13.4. The number of carbonyl (C=O) groups is 1. The van der Waals surface area contributed by atoms with Crippen LogP contribution in [-0.4, -0.2) is 38.2 Å². The third kappa shape index (κ3) is 5.94. The average molecular weight is 534 g/mol. The van der Waals surface area contributed by atoms with E-state index in [1.165, 1.54) is 18.3 Å². The molecule has 0 saturated carbocycles. The fraction of sp³-hybridized carbons (Fsp3) is 0.167. The van der Waals surface area contributed by atoms with Crippen LogP contribution in [0.2, 0.25) is 10.0 Å². The van der Waals surface area contributed by atoms with Crippen molar-refractivity contribution < 1.29 is 22.7 Å². The smallest absolute Gasteiger partial charge is 0.255 e. The standard InChI is InChI=1S/C24H21Cl2N3O5S/c1-16-5-8-18(9-6-16)35(31,32)29(13-19-20(25)3-2-4-21(19)26)14-24(30)28-27-12-17-7-10-22-23(11-17)34-15-33-22/h2-12H,13-15H2,1H3,(H,28,30)/b27-12-. The molecule has 0 radical (unpaired) electrons. The number of halogens is 2. The second-order valence-corrected chi connectivity index (χ2v) is 10.4. The number of sulfonamides is 1. The quantitative estimate of drug-likeness (QED) is 0.342. The van der Waals surface area contributed by atoms with Gasteiger partial charge in [0.05, 0.1) is 17.7 Å². The molecule has 0 atom stereocenters. The fourth-order valence-corrected chi connectivity index (χ4v) is 5.19. The third-order valence-corrected chi connectivity index (χ3v) is 7.69. The predicted octanol–water partition coefficient (Wildman–Crippen LogP) is 4.37. The van der Waals surface area contributed by atoms with Gasteiger partial charge >= 0.3 is 0 Å². The van der Waals surface area contributed by atoms with Crippen molar-refractivity contribution >= 4 is 45.3 Å². The molecule has 0 bridgehead atoms. The number of aryl methyl sites for hydroxylation is 1. The largest absolute Gasteiger partial charge is 0.454 e. The van der Waals surface area contributed by atoms with Crippen LogP contribution in [0.1, 0.15) is 16.7 Å². The number of rotatable bonds is 8. The van der Waals surface area contributed by atoms with E-state index in [0.717, 1.165) is 9.87 Å². The highest BCUT2D eigenvalue weighted by Gasteiger charge is 2.28. The van der Waals surface area contributed by atoms with Crippen LogP contribution >= 0.6 is 23.2 Å². The van der Waals surface area contributed by atoms with E-state index in [4.69, 9.17) is 32.7 Å². The lowest BCUT2D eigenvalue weighted by atomic mass is 10.2. The monoisotopic (exact) mass is 533 g/mol. The van der Waals surface area contributed by atoms with Gasteiger partial charge < -0.3 is 9.47 Å². The molecule has 1 aliphatic rings. The van der Waals surface area contributed by atoms with Crippen LogP contribution in [0.4, 0.5) is 0 Å². The third-order valence-electron chi connectivity index (χ3n) is 5.17. The molecular formula is C24H21Cl2N3O5S. The van der Waals surface area contributed by atoms with Crippen molar-refractivity contribution in [2.24, 2.45) is 5.10 Å². The molecule has 0 aliphatic carbocycles. The number of amides is 1. The number of benzene rings is 3. The molecule has 0 spiro atoms. The molecule has 3 aromatic rings. The normalized spacial score (nSPS) is 12.9. The van der Waals surface area contributed by atoms with Crippen molar-refractivity contribution in [1.82, 2.24) is 9.73 Å². The van der Waals surface area contributed by atoms with Crippen LogP contribution in [0.25, 0.3) is 0 Å². The Hall–Kier alpha value is -3.11. The van der Waals surface area contributed by atoms with Crippen molar-refractivity contribution in [2.75, 3.05) is 13.3 Å². The van der Waals surface area contributed by atoms with Gasteiger partial charge in [-0.1, -0.05) is 47.0 Å². The Morgan fingerprint density at radius 1 is 1.06 bits per heavy atom. The molecule has 0 saturated heterocycles. The molecule has 0 fully saturated rings. The molecule has 8 nitrogen and oxygen atoms in total. The summed E-state index contributed by atoms with van der Waals surface area (Å²) in [5.41, 5.74) is 4.33. The maximum Gasteiger partial charge on any atom is 0.255 e. The van der Waals surface area contributed by atoms with E-state index in [1.54, 1.807) is 48.5 Å². The van der Waals surface area contributed by atoms with Gasteiger partial charge in [0.1, 0.15) is 0 Å². The van der Waals surface area contributed by atoms with Crippen molar-refractivity contribution in [3.05, 3.63) is 87.4 Å². The van der Waals surface area contributed by atoms with Crippen molar-refractivity contribution in [3.63, 3.8) is 0 Å². The zero-order valence-electron chi connectivity index (χ0n) is 18.6. The number of hydrazone groups is 1. The van der Waals surface area contributed by atoms with E-state index in [2.05, 4.69) is 10.5 Å². The lowest BCUT2D eigenvalue weighted by Crippen LogP contribution is -2.39. The first kappa shape index (κ1) is 25.0. The molecule has 1 aliphatic heterocycles. The minimum atomic E-state index is -4.06. The van der Waals surface area contributed by atoms with Gasteiger partial charge in [0.15, 0.2) is 11.5 Å². The summed E-state index contributed by atoms with van der Waals surface area (Å²) in [6.45, 7) is 1.29. The SMILES string of the molecule is Cc1ccc(S(=O)(=O)N(CC(=O)N/N=C\c2ccc3c(c2)OCO3)Cc2c(Cl)cccc2Cl)cc1. The molecule has 0 unspecified atom stereocenters. The molecule has 4 rings (SSSR count). The highest BCUT2D eigenvalue weighted by molar-refractivity contribution is 7.89. The first-order chi connectivity index (χ1) is 16.7. The van der Waals surface area contributed by atoms with Gasteiger partial charge in [-0.3, -0.25) is 4.79 Å². The number of fused-ring (bicyclic) bond motifs is 1. The summed E-state index contributed by atoms with van der Waals surface area (Å²) in [7, 11) is -4.06. The van der Waals surface area contributed by atoms with Crippen LogP contribution in [-0.2, 0) is 21.4 Å². The predicted molar refractivity (Wildman–Crippen MR) is 134 cm³/mol. The van der Waals surface area contributed by atoms with E-state index >= 15 is 0 Å². The summed E-state index contributed by atoms with van der Waals surface area (Å²) in [5, 5.41) is 4.52. The number of nitrogens with one attached hydrogen (secondary N) is 1. The number of hydrogen-bond donors (Lipinski definition) is 1. The van der Waals surface area contributed by atoms with Crippen LogP contribution in [0, 0.1) is 6.92 Å². The summed E-state index contributed by atoms with van der Waals surface area (Å²) < 4.78 is 38.4. The van der Waals surface area contributed by atoms with Crippen molar-refractivity contribution in [2.45, 2.75) is 18.4 Å². The van der Waals surface area contributed by atoms with Gasteiger partial charge in [0.2, 0.25) is 16.8 Å². The van der Waals surface area contributed by atoms with E-state index < -0.39 is 22.5 Å². The van der Waals surface area contributed by atoms with E-state index in [-0.39, 0.29) is 18.2 Å². The Kier molecular flexibility index (Phi) is 7.61. The van der Waals surface area contributed by atoms with Crippen molar-refractivity contribution in [3.8, 4) is 11.5 Å². The highest BCUT2D eigenvalue weighted by atomic mass is 35.5. The summed E-state index contributed by atoms with van der Waals surface area (Å²) in [4.78, 5) is 12.7. The lowest BCUT2D eigenvalue weighted by Gasteiger charge is -2.22. The Morgan fingerprint density at radius 2 is 1.74 bits per heavy atom. The minimum Gasteiger partial charge on any atom is -0.454 e. The number of ether oxygens (including phenoxy) is 2. The number of hydrogen-bond acceptors (Lipinski definition) is 6. The lowest BCUT2D eigenvalue weighted by molar-refractivity contribution is -0.121. The Morgan fingerprint density at radius 3 is 2.46 bits per heavy atom.